The van der Waals surface area contributed by atoms with Crippen LogP contribution in [0.1, 0.15) is 6.42 Å². The summed E-state index contributed by atoms with van der Waals surface area (Å²) >= 11 is 8.96. The third-order valence-corrected chi connectivity index (χ3v) is 2.98. The van der Waals surface area contributed by atoms with E-state index in [0.717, 1.165) is 6.07 Å². The molecule has 2 amide bonds. The molecule has 0 aromatic heterocycles. The molecule has 0 radical (unpaired) electrons. The predicted octanol–water partition coefficient (Wildman–Crippen LogP) is 3.40. The van der Waals surface area contributed by atoms with Gasteiger partial charge in [-0.15, -0.1) is 0 Å². The Morgan fingerprint density at radius 1 is 1.56 bits per heavy atom. The van der Waals surface area contributed by atoms with E-state index in [1.165, 1.54) is 6.07 Å². The van der Waals surface area contributed by atoms with Crippen molar-refractivity contribution in [2.24, 2.45) is 0 Å². The number of ether oxygens (including phenoxy) is 1. The van der Waals surface area contributed by atoms with Crippen molar-refractivity contribution in [1.29, 1.82) is 0 Å². The van der Waals surface area contributed by atoms with Crippen LogP contribution >= 0.6 is 27.5 Å². The van der Waals surface area contributed by atoms with Crippen LogP contribution in [0.2, 0.25) is 5.02 Å². The minimum absolute atomic E-state index is 0.133. The fourth-order valence-electron chi connectivity index (χ4n) is 1.24. The molecule has 0 saturated heterocycles. The number of anilines is 1. The number of urea groups is 1. The van der Waals surface area contributed by atoms with Crippen molar-refractivity contribution in [3.63, 3.8) is 0 Å². The molecule has 0 aliphatic heterocycles. The Morgan fingerprint density at radius 2 is 2.28 bits per heavy atom. The van der Waals surface area contributed by atoms with Crippen LogP contribution in [0.4, 0.5) is 14.9 Å². The fourth-order valence-corrected chi connectivity index (χ4v) is 2.14. The van der Waals surface area contributed by atoms with E-state index in [4.69, 9.17) is 16.3 Å². The Morgan fingerprint density at radius 3 is 2.89 bits per heavy atom. The van der Waals surface area contributed by atoms with Gasteiger partial charge in [0.2, 0.25) is 0 Å². The number of hydrogen-bond donors (Lipinski definition) is 2. The van der Waals surface area contributed by atoms with E-state index < -0.39 is 11.8 Å². The van der Waals surface area contributed by atoms with Gasteiger partial charge in [0.05, 0.1) is 10.7 Å². The first-order chi connectivity index (χ1) is 8.54. The highest BCUT2D eigenvalue weighted by atomic mass is 79.9. The van der Waals surface area contributed by atoms with Crippen LogP contribution < -0.4 is 10.6 Å². The predicted molar refractivity (Wildman–Crippen MR) is 72.6 cm³/mol. The van der Waals surface area contributed by atoms with Crippen molar-refractivity contribution >= 4 is 39.2 Å². The molecule has 4 nitrogen and oxygen atoms in total. The molecule has 2 N–H and O–H groups in total. The summed E-state index contributed by atoms with van der Waals surface area (Å²) in [5.41, 5.74) is 0.335. The monoisotopic (exact) mass is 338 g/mol. The topological polar surface area (TPSA) is 50.4 Å². The highest BCUT2D eigenvalue weighted by molar-refractivity contribution is 9.10. The maximum Gasteiger partial charge on any atom is 0.319 e. The fraction of sp³-hybridized carbons (Fsp3) is 0.364. The van der Waals surface area contributed by atoms with Crippen LogP contribution in [-0.4, -0.2) is 26.3 Å². The van der Waals surface area contributed by atoms with Crippen molar-refractivity contribution in [2.75, 3.05) is 25.6 Å². The van der Waals surface area contributed by atoms with Crippen LogP contribution in [0.15, 0.2) is 16.6 Å². The molecule has 0 fully saturated rings. The number of carbonyl (C=O) groups is 1. The van der Waals surface area contributed by atoms with Gasteiger partial charge in [-0.2, -0.15) is 0 Å². The molecule has 100 valence electrons. The van der Waals surface area contributed by atoms with Gasteiger partial charge in [-0.1, -0.05) is 11.6 Å². The lowest BCUT2D eigenvalue weighted by Gasteiger charge is -2.10. The summed E-state index contributed by atoms with van der Waals surface area (Å²) in [4.78, 5) is 11.5. The van der Waals surface area contributed by atoms with Gasteiger partial charge in [0.1, 0.15) is 5.82 Å². The first-order valence-electron chi connectivity index (χ1n) is 5.23. The summed E-state index contributed by atoms with van der Waals surface area (Å²) in [5.74, 6) is -0.474. The molecule has 0 aliphatic carbocycles. The lowest BCUT2D eigenvalue weighted by Crippen LogP contribution is -2.30. The molecule has 1 aromatic rings. The van der Waals surface area contributed by atoms with Gasteiger partial charge in [0, 0.05) is 24.7 Å². The smallest absolute Gasteiger partial charge is 0.319 e. The van der Waals surface area contributed by atoms with Gasteiger partial charge in [-0.3, -0.25) is 0 Å². The molecule has 18 heavy (non-hydrogen) atoms. The first-order valence-corrected chi connectivity index (χ1v) is 6.40. The number of nitrogens with one attached hydrogen (secondary N) is 2. The van der Waals surface area contributed by atoms with Crippen molar-refractivity contribution in [3.05, 3.63) is 27.4 Å². The van der Waals surface area contributed by atoms with Gasteiger partial charge in [-0.25, -0.2) is 9.18 Å². The summed E-state index contributed by atoms with van der Waals surface area (Å²) in [7, 11) is 1.59. The van der Waals surface area contributed by atoms with E-state index >= 15 is 0 Å². The second kappa shape index (κ2) is 7.56. The van der Waals surface area contributed by atoms with E-state index in [1.807, 2.05) is 0 Å². The molecule has 7 heteroatoms. The quantitative estimate of drug-likeness (QED) is 0.808. The van der Waals surface area contributed by atoms with Crippen molar-refractivity contribution in [1.82, 2.24) is 5.32 Å². The van der Waals surface area contributed by atoms with E-state index in [-0.39, 0.29) is 5.02 Å². The minimum Gasteiger partial charge on any atom is -0.385 e. The van der Waals surface area contributed by atoms with Gasteiger partial charge >= 0.3 is 6.03 Å². The average Bonchev–Trinajstić information content (AvgIpc) is 2.29. The van der Waals surface area contributed by atoms with Gasteiger partial charge in [0.15, 0.2) is 0 Å². The average molecular weight is 340 g/mol. The lowest BCUT2D eigenvalue weighted by atomic mass is 10.3. The number of amides is 2. The van der Waals surface area contributed by atoms with Crippen LogP contribution in [0, 0.1) is 5.82 Å². The van der Waals surface area contributed by atoms with Gasteiger partial charge < -0.3 is 15.4 Å². The van der Waals surface area contributed by atoms with E-state index in [2.05, 4.69) is 26.6 Å². The molecule has 0 aliphatic rings. The van der Waals surface area contributed by atoms with Gasteiger partial charge in [-0.05, 0) is 34.5 Å². The van der Waals surface area contributed by atoms with Crippen LogP contribution in [-0.2, 0) is 4.74 Å². The maximum atomic E-state index is 13.0. The minimum atomic E-state index is -0.474. The highest BCUT2D eigenvalue weighted by Gasteiger charge is 2.10. The number of halogens is 3. The summed E-state index contributed by atoms with van der Waals surface area (Å²) in [5, 5.41) is 5.31. The maximum absolute atomic E-state index is 13.0. The molecule has 0 heterocycles. The summed E-state index contributed by atoms with van der Waals surface area (Å²) < 4.78 is 18.2. The number of rotatable bonds is 5. The molecule has 0 saturated carbocycles. The van der Waals surface area contributed by atoms with E-state index in [9.17, 15) is 9.18 Å². The Labute approximate surface area is 118 Å². The molecule has 1 rings (SSSR count). The number of carbonyl (C=O) groups excluding carboxylic acids is 1. The molecular formula is C11H13BrClFN2O2. The lowest BCUT2D eigenvalue weighted by molar-refractivity contribution is 0.194. The second-order valence-corrected chi connectivity index (χ2v) is 4.73. The standard InChI is InChI=1S/C11H13BrClFN2O2/c1-18-4-2-3-15-11(17)16-10-8(12)5-7(14)6-9(10)13/h5-6H,2-4H2,1H3,(H2,15,16,17). The number of methoxy groups -OCH3 is 1. The second-order valence-electron chi connectivity index (χ2n) is 3.47. The molecule has 0 atom stereocenters. The number of benzene rings is 1. The summed E-state index contributed by atoms with van der Waals surface area (Å²) in [6.07, 6.45) is 0.711. The van der Waals surface area contributed by atoms with E-state index in [0.29, 0.717) is 29.7 Å². The van der Waals surface area contributed by atoms with Crippen molar-refractivity contribution < 1.29 is 13.9 Å². The largest absolute Gasteiger partial charge is 0.385 e. The SMILES string of the molecule is COCCCNC(=O)Nc1c(Cl)cc(F)cc1Br. The molecule has 0 bridgehead atoms. The summed E-state index contributed by atoms with van der Waals surface area (Å²) in [6, 6.07) is 1.96. The zero-order valence-electron chi connectivity index (χ0n) is 9.73. The van der Waals surface area contributed by atoms with Crippen LogP contribution in [0.5, 0.6) is 0 Å². The van der Waals surface area contributed by atoms with Crippen molar-refractivity contribution in [3.8, 4) is 0 Å². The third kappa shape index (κ3) is 4.80. The Balaban J connectivity index is 2.54. The molecule has 0 spiro atoms. The highest BCUT2D eigenvalue weighted by Crippen LogP contribution is 2.31. The molecular weight excluding hydrogens is 326 g/mol. The normalized spacial score (nSPS) is 10.2. The van der Waals surface area contributed by atoms with Gasteiger partial charge in [0.25, 0.3) is 0 Å². The Kier molecular flexibility index (Phi) is 6.38. The zero-order chi connectivity index (χ0) is 13.5. The Hall–Kier alpha value is -0.850. The number of hydrogen-bond acceptors (Lipinski definition) is 2. The van der Waals surface area contributed by atoms with Crippen LogP contribution in [0.25, 0.3) is 0 Å². The summed E-state index contributed by atoms with van der Waals surface area (Å²) in [6.45, 7) is 1.05. The molecule has 0 unspecified atom stereocenters. The Bertz CT molecular complexity index is 408. The van der Waals surface area contributed by atoms with Crippen molar-refractivity contribution in [2.45, 2.75) is 6.42 Å². The zero-order valence-corrected chi connectivity index (χ0v) is 12.1. The van der Waals surface area contributed by atoms with Crippen LogP contribution in [0.3, 0.4) is 0 Å². The molecule has 1 aromatic carbocycles. The third-order valence-electron chi connectivity index (χ3n) is 2.06. The first kappa shape index (κ1) is 15.2. The van der Waals surface area contributed by atoms with E-state index in [1.54, 1.807) is 7.11 Å².